The fraction of sp³-hybridized carbons (Fsp3) is 0.333. The molecule has 6 heteroatoms. The monoisotopic (exact) mass is 367 g/mol. The second-order valence-electron chi connectivity index (χ2n) is 6.96. The van der Waals surface area contributed by atoms with Crippen molar-refractivity contribution >= 4 is 11.7 Å². The molecule has 6 nitrogen and oxygen atoms in total. The van der Waals surface area contributed by atoms with Crippen LogP contribution in [0.1, 0.15) is 33.6 Å². The Morgan fingerprint density at radius 1 is 1.11 bits per heavy atom. The molecule has 1 unspecified atom stereocenters. The van der Waals surface area contributed by atoms with Crippen molar-refractivity contribution in [2.24, 2.45) is 0 Å². The van der Waals surface area contributed by atoms with Gasteiger partial charge in [0.25, 0.3) is 5.91 Å². The van der Waals surface area contributed by atoms with Crippen LogP contribution in [0, 0.1) is 0 Å². The van der Waals surface area contributed by atoms with Gasteiger partial charge in [0.15, 0.2) is 5.78 Å². The maximum atomic E-state index is 13.0. The van der Waals surface area contributed by atoms with Gasteiger partial charge in [0.05, 0.1) is 32.7 Å². The highest BCUT2D eigenvalue weighted by atomic mass is 16.5. The Balaban J connectivity index is 1.57. The van der Waals surface area contributed by atoms with Gasteiger partial charge in [-0.25, -0.2) is 0 Å². The van der Waals surface area contributed by atoms with E-state index in [1.54, 1.807) is 43.4 Å². The van der Waals surface area contributed by atoms with E-state index in [1.165, 1.54) is 0 Å². The Labute approximate surface area is 157 Å². The number of Topliss-reactive ketones (excluding diaryl/α,β-unsaturated/α-hetero) is 1. The Hall–Kier alpha value is -3.02. The van der Waals surface area contributed by atoms with Crippen molar-refractivity contribution in [2.75, 3.05) is 27.3 Å². The minimum absolute atomic E-state index is 0.0641. The van der Waals surface area contributed by atoms with Gasteiger partial charge in [-0.3, -0.25) is 9.59 Å². The Kier molecular flexibility index (Phi) is 4.26. The van der Waals surface area contributed by atoms with Crippen LogP contribution in [-0.4, -0.2) is 49.5 Å². The highest BCUT2D eigenvalue weighted by Gasteiger charge is 2.47. The molecule has 27 heavy (non-hydrogen) atoms. The molecule has 0 N–H and O–H groups in total. The number of fused-ring (bicyclic) bond motifs is 1. The van der Waals surface area contributed by atoms with Crippen LogP contribution < -0.4 is 14.2 Å². The lowest BCUT2D eigenvalue weighted by Crippen LogP contribution is -2.45. The lowest BCUT2D eigenvalue weighted by Gasteiger charge is -2.34. The van der Waals surface area contributed by atoms with Crippen LogP contribution in [0.25, 0.3) is 0 Å². The van der Waals surface area contributed by atoms with Gasteiger partial charge in [0, 0.05) is 24.6 Å². The molecular weight excluding hydrogens is 346 g/mol. The van der Waals surface area contributed by atoms with Gasteiger partial charge in [-0.2, -0.15) is 0 Å². The van der Waals surface area contributed by atoms with Gasteiger partial charge in [-0.15, -0.1) is 0 Å². The van der Waals surface area contributed by atoms with Crippen molar-refractivity contribution in [1.82, 2.24) is 4.90 Å². The molecule has 0 radical (unpaired) electrons. The summed E-state index contributed by atoms with van der Waals surface area (Å²) in [5.41, 5.74) is 0.459. The first-order valence-corrected chi connectivity index (χ1v) is 8.87. The molecule has 2 aliphatic heterocycles. The van der Waals surface area contributed by atoms with Crippen molar-refractivity contribution in [2.45, 2.75) is 18.4 Å². The number of methoxy groups -OCH3 is 2. The number of para-hydroxylation sites is 1. The fourth-order valence-corrected chi connectivity index (χ4v) is 3.80. The molecule has 2 heterocycles. The summed E-state index contributed by atoms with van der Waals surface area (Å²) in [6.07, 6.45) is 0.912. The average molecular weight is 367 g/mol. The summed E-state index contributed by atoms with van der Waals surface area (Å²) >= 11 is 0. The molecule has 0 aliphatic carbocycles. The number of ketones is 1. The second kappa shape index (κ2) is 6.61. The van der Waals surface area contributed by atoms with E-state index in [9.17, 15) is 9.59 Å². The number of nitrogens with zero attached hydrogens (tertiary/aromatic N) is 1. The van der Waals surface area contributed by atoms with Crippen LogP contribution in [0.15, 0.2) is 42.5 Å². The molecular formula is C21H21NO5. The van der Waals surface area contributed by atoms with Crippen molar-refractivity contribution in [3.63, 3.8) is 0 Å². The van der Waals surface area contributed by atoms with E-state index < -0.39 is 5.60 Å². The summed E-state index contributed by atoms with van der Waals surface area (Å²) in [4.78, 5) is 27.3. The lowest BCUT2D eigenvalue weighted by atomic mass is 9.89. The molecule has 1 amide bonds. The highest BCUT2D eigenvalue weighted by molar-refractivity contribution is 6.00. The summed E-state index contributed by atoms with van der Waals surface area (Å²) in [5.74, 6) is 1.66. The number of amides is 1. The molecule has 2 aromatic carbocycles. The highest BCUT2D eigenvalue weighted by Crippen LogP contribution is 2.39. The maximum absolute atomic E-state index is 13.0. The minimum atomic E-state index is -0.649. The van der Waals surface area contributed by atoms with Crippen molar-refractivity contribution < 1.29 is 23.8 Å². The molecule has 2 aliphatic rings. The number of benzene rings is 2. The number of rotatable bonds is 3. The molecule has 1 spiro atoms. The molecule has 0 aromatic heterocycles. The second-order valence-corrected chi connectivity index (χ2v) is 6.96. The Morgan fingerprint density at radius 3 is 2.52 bits per heavy atom. The summed E-state index contributed by atoms with van der Waals surface area (Å²) in [5, 5.41) is 0. The van der Waals surface area contributed by atoms with E-state index in [4.69, 9.17) is 14.2 Å². The Morgan fingerprint density at radius 2 is 1.81 bits per heavy atom. The number of ether oxygens (including phenoxy) is 3. The van der Waals surface area contributed by atoms with E-state index in [2.05, 4.69) is 0 Å². The lowest BCUT2D eigenvalue weighted by molar-refractivity contribution is 0.0428. The zero-order valence-electron chi connectivity index (χ0n) is 15.4. The number of likely N-dealkylation sites (tertiary alicyclic amines) is 1. The van der Waals surface area contributed by atoms with Crippen LogP contribution in [-0.2, 0) is 0 Å². The first-order valence-electron chi connectivity index (χ1n) is 8.87. The van der Waals surface area contributed by atoms with E-state index in [0.29, 0.717) is 47.9 Å². The average Bonchev–Trinajstić information content (AvgIpc) is 3.09. The Bertz CT molecular complexity index is 887. The molecule has 140 valence electrons. The van der Waals surface area contributed by atoms with Crippen LogP contribution in [0.4, 0.5) is 0 Å². The van der Waals surface area contributed by atoms with E-state index in [-0.39, 0.29) is 18.1 Å². The van der Waals surface area contributed by atoms with Gasteiger partial charge in [-0.1, -0.05) is 12.1 Å². The van der Waals surface area contributed by atoms with Gasteiger partial charge < -0.3 is 19.1 Å². The first kappa shape index (κ1) is 17.4. The van der Waals surface area contributed by atoms with Crippen molar-refractivity contribution in [3.05, 3.63) is 53.6 Å². The normalized spacial score (nSPS) is 21.0. The van der Waals surface area contributed by atoms with Crippen LogP contribution in [0.3, 0.4) is 0 Å². The van der Waals surface area contributed by atoms with Gasteiger partial charge in [0.1, 0.15) is 22.8 Å². The standard InChI is InChI=1S/C21H21NO5/c1-25-15-9-14(10-16(11-15)26-2)20(24)22-8-7-21(13-22)12-18(23)17-5-3-4-6-19(17)27-21/h3-6,9-11H,7-8,12-13H2,1-2H3. The largest absolute Gasteiger partial charge is 0.497 e. The summed E-state index contributed by atoms with van der Waals surface area (Å²) in [6, 6.07) is 12.4. The quantitative estimate of drug-likeness (QED) is 0.835. The topological polar surface area (TPSA) is 65.1 Å². The molecule has 1 fully saturated rings. The zero-order valence-corrected chi connectivity index (χ0v) is 15.4. The third-order valence-electron chi connectivity index (χ3n) is 5.20. The predicted octanol–water partition coefficient (Wildman–Crippen LogP) is 2.95. The van der Waals surface area contributed by atoms with Crippen molar-refractivity contribution in [3.8, 4) is 17.2 Å². The molecule has 0 bridgehead atoms. The summed E-state index contributed by atoms with van der Waals surface area (Å²) in [6.45, 7) is 0.916. The fourth-order valence-electron chi connectivity index (χ4n) is 3.80. The van der Waals surface area contributed by atoms with Crippen LogP contribution in [0.5, 0.6) is 17.2 Å². The molecule has 0 saturated carbocycles. The third kappa shape index (κ3) is 3.12. The smallest absolute Gasteiger partial charge is 0.254 e. The maximum Gasteiger partial charge on any atom is 0.254 e. The molecule has 1 saturated heterocycles. The summed E-state index contributed by atoms with van der Waals surface area (Å²) in [7, 11) is 3.10. The molecule has 2 aromatic rings. The van der Waals surface area contributed by atoms with Crippen molar-refractivity contribution in [1.29, 1.82) is 0 Å². The van der Waals surface area contributed by atoms with Crippen LogP contribution in [0.2, 0.25) is 0 Å². The van der Waals surface area contributed by atoms with Gasteiger partial charge in [0.2, 0.25) is 0 Å². The van der Waals surface area contributed by atoms with E-state index >= 15 is 0 Å². The van der Waals surface area contributed by atoms with Gasteiger partial charge >= 0.3 is 0 Å². The first-order chi connectivity index (χ1) is 13.0. The zero-order chi connectivity index (χ0) is 19.0. The predicted molar refractivity (Wildman–Crippen MR) is 98.8 cm³/mol. The third-order valence-corrected chi connectivity index (χ3v) is 5.20. The molecule has 4 rings (SSSR count). The minimum Gasteiger partial charge on any atom is -0.497 e. The summed E-state index contributed by atoms with van der Waals surface area (Å²) < 4.78 is 16.7. The van der Waals surface area contributed by atoms with Crippen LogP contribution >= 0.6 is 0 Å². The number of hydrogen-bond acceptors (Lipinski definition) is 5. The van der Waals surface area contributed by atoms with E-state index in [1.807, 2.05) is 18.2 Å². The van der Waals surface area contributed by atoms with E-state index in [0.717, 1.165) is 0 Å². The number of carbonyl (C=O) groups is 2. The molecule has 1 atom stereocenters. The number of hydrogen-bond donors (Lipinski definition) is 0. The number of carbonyl (C=O) groups excluding carboxylic acids is 2. The van der Waals surface area contributed by atoms with Gasteiger partial charge in [-0.05, 0) is 24.3 Å². The SMILES string of the molecule is COc1cc(OC)cc(C(=O)N2CCC3(CC(=O)c4ccccc4O3)C2)c1.